The summed E-state index contributed by atoms with van der Waals surface area (Å²) >= 11 is 2.89. The van der Waals surface area contributed by atoms with Crippen molar-refractivity contribution >= 4 is 26.0 Å². The van der Waals surface area contributed by atoms with Gasteiger partial charge in [0.25, 0.3) is 0 Å². The Hall–Kier alpha value is -0.570. The van der Waals surface area contributed by atoms with E-state index in [0.717, 1.165) is 6.07 Å². The van der Waals surface area contributed by atoms with Crippen molar-refractivity contribution in [2.24, 2.45) is 0 Å². The molecule has 1 heterocycles. The zero-order chi connectivity index (χ0) is 15.0. The number of sulfonamides is 1. The first kappa shape index (κ1) is 15.8. The van der Waals surface area contributed by atoms with Crippen LogP contribution in [0.1, 0.15) is 19.8 Å². The van der Waals surface area contributed by atoms with E-state index in [1.54, 1.807) is 6.92 Å². The molecule has 20 heavy (non-hydrogen) atoms. The number of hydrogen-bond acceptors (Lipinski definition) is 3. The van der Waals surface area contributed by atoms with Gasteiger partial charge in [-0.2, -0.15) is 0 Å². The molecule has 2 rings (SSSR count). The molecule has 8 heteroatoms. The molecule has 0 spiro atoms. The van der Waals surface area contributed by atoms with Crippen LogP contribution in [-0.2, 0) is 14.8 Å². The first-order chi connectivity index (χ1) is 9.23. The Bertz CT molecular complexity index is 592. The van der Waals surface area contributed by atoms with E-state index < -0.39 is 32.1 Å². The second-order valence-corrected chi connectivity index (χ2v) is 7.45. The lowest BCUT2D eigenvalue weighted by atomic mass is 9.94. The third kappa shape index (κ3) is 3.36. The second kappa shape index (κ2) is 5.67. The van der Waals surface area contributed by atoms with Crippen molar-refractivity contribution < 1.29 is 21.9 Å². The van der Waals surface area contributed by atoms with Gasteiger partial charge in [0.2, 0.25) is 10.0 Å². The van der Waals surface area contributed by atoms with Crippen LogP contribution in [0.2, 0.25) is 0 Å². The lowest BCUT2D eigenvalue weighted by Gasteiger charge is -2.34. The van der Waals surface area contributed by atoms with Crippen molar-refractivity contribution in [1.82, 2.24) is 4.72 Å². The number of ether oxygens (including phenoxy) is 1. The summed E-state index contributed by atoms with van der Waals surface area (Å²) in [6.45, 7) is 2.61. The zero-order valence-corrected chi connectivity index (χ0v) is 13.2. The molecule has 1 aliphatic rings. The number of halogens is 3. The van der Waals surface area contributed by atoms with Gasteiger partial charge in [-0.1, -0.05) is 0 Å². The smallest absolute Gasteiger partial charge is 0.245 e. The Labute approximate surface area is 124 Å². The maximum Gasteiger partial charge on any atom is 0.245 e. The molecule has 0 bridgehead atoms. The molecule has 1 aromatic rings. The number of nitrogens with one attached hydrogen (secondary N) is 1. The van der Waals surface area contributed by atoms with Crippen molar-refractivity contribution in [3.05, 3.63) is 28.2 Å². The highest BCUT2D eigenvalue weighted by molar-refractivity contribution is 9.10. The average molecular weight is 370 g/mol. The van der Waals surface area contributed by atoms with Crippen molar-refractivity contribution in [2.75, 3.05) is 13.2 Å². The molecule has 0 amide bonds. The molecular weight excluding hydrogens is 356 g/mol. The molecule has 0 atom stereocenters. The average Bonchev–Trinajstić information content (AvgIpc) is 2.25. The fourth-order valence-corrected chi connectivity index (χ4v) is 4.72. The van der Waals surface area contributed by atoms with Crippen molar-refractivity contribution in [3.63, 3.8) is 0 Å². The van der Waals surface area contributed by atoms with Gasteiger partial charge in [0.05, 0.1) is 0 Å². The summed E-state index contributed by atoms with van der Waals surface area (Å²) < 4.78 is 59.0. The van der Waals surface area contributed by atoms with Gasteiger partial charge in [-0.3, -0.25) is 0 Å². The Balaban J connectivity index is 2.36. The van der Waals surface area contributed by atoms with Gasteiger partial charge in [0.15, 0.2) is 0 Å². The highest BCUT2D eigenvalue weighted by Crippen LogP contribution is 2.29. The van der Waals surface area contributed by atoms with Gasteiger partial charge in [-0.25, -0.2) is 21.9 Å². The van der Waals surface area contributed by atoms with Crippen LogP contribution in [0.25, 0.3) is 0 Å². The van der Waals surface area contributed by atoms with E-state index >= 15 is 0 Å². The molecule has 0 unspecified atom stereocenters. The van der Waals surface area contributed by atoms with Gasteiger partial charge in [0, 0.05) is 29.3 Å². The minimum atomic E-state index is -4.09. The van der Waals surface area contributed by atoms with Crippen LogP contribution in [0.15, 0.2) is 21.5 Å². The largest absolute Gasteiger partial charge is 0.381 e. The molecule has 0 radical (unpaired) electrons. The Morgan fingerprint density at radius 2 is 1.90 bits per heavy atom. The molecule has 1 saturated heterocycles. The SMILES string of the molecule is CC1(NS(=O)(=O)c2c(F)cc(F)cc2Br)CCOCC1. The summed E-state index contributed by atoms with van der Waals surface area (Å²) in [6.07, 6.45) is 0.985. The van der Waals surface area contributed by atoms with Crippen LogP contribution in [0.3, 0.4) is 0 Å². The van der Waals surface area contributed by atoms with E-state index in [9.17, 15) is 17.2 Å². The van der Waals surface area contributed by atoms with E-state index in [1.807, 2.05) is 0 Å². The summed E-state index contributed by atoms with van der Waals surface area (Å²) in [7, 11) is -4.09. The minimum absolute atomic E-state index is 0.141. The normalized spacial score (nSPS) is 19.0. The Morgan fingerprint density at radius 3 is 2.45 bits per heavy atom. The Morgan fingerprint density at radius 1 is 1.30 bits per heavy atom. The van der Waals surface area contributed by atoms with Gasteiger partial charge >= 0.3 is 0 Å². The van der Waals surface area contributed by atoms with E-state index in [0.29, 0.717) is 32.1 Å². The maximum atomic E-state index is 13.8. The molecule has 1 aliphatic heterocycles. The summed E-state index contributed by atoms with van der Waals surface area (Å²) in [5.74, 6) is -1.97. The predicted octanol–water partition coefficient (Wildman–Crippen LogP) is 2.57. The van der Waals surface area contributed by atoms with Crippen molar-refractivity contribution in [1.29, 1.82) is 0 Å². The standard InChI is InChI=1S/C12H14BrF2NO3S/c1-12(2-4-19-5-3-12)16-20(17,18)11-9(13)6-8(14)7-10(11)15/h6-7,16H,2-5H2,1H3. The third-order valence-corrected chi connectivity index (χ3v) is 5.81. The van der Waals surface area contributed by atoms with Gasteiger partial charge in [-0.15, -0.1) is 0 Å². The van der Waals surface area contributed by atoms with Crippen LogP contribution >= 0.6 is 15.9 Å². The summed E-state index contributed by atoms with van der Waals surface area (Å²) in [6, 6.07) is 1.47. The fraction of sp³-hybridized carbons (Fsp3) is 0.500. The monoisotopic (exact) mass is 369 g/mol. The summed E-state index contributed by atoms with van der Waals surface area (Å²) in [5.41, 5.74) is -0.697. The van der Waals surface area contributed by atoms with Gasteiger partial charge in [-0.05, 0) is 41.8 Å². The molecule has 112 valence electrons. The molecule has 0 aromatic heterocycles. The van der Waals surface area contributed by atoms with E-state index in [4.69, 9.17) is 4.74 Å². The number of benzene rings is 1. The van der Waals surface area contributed by atoms with E-state index in [1.165, 1.54) is 0 Å². The van der Waals surface area contributed by atoms with Crippen LogP contribution in [-0.4, -0.2) is 27.2 Å². The molecule has 0 saturated carbocycles. The molecule has 4 nitrogen and oxygen atoms in total. The molecule has 0 aliphatic carbocycles. The summed E-state index contributed by atoms with van der Waals surface area (Å²) in [5, 5.41) is 0. The number of rotatable bonds is 3. The number of hydrogen-bond donors (Lipinski definition) is 1. The first-order valence-corrected chi connectivity index (χ1v) is 8.27. The predicted molar refractivity (Wildman–Crippen MR) is 72.8 cm³/mol. The van der Waals surface area contributed by atoms with Crippen molar-refractivity contribution in [2.45, 2.75) is 30.2 Å². The maximum absolute atomic E-state index is 13.8. The minimum Gasteiger partial charge on any atom is -0.381 e. The lowest BCUT2D eigenvalue weighted by Crippen LogP contribution is -2.49. The molecule has 1 N–H and O–H groups in total. The molecule has 1 fully saturated rings. The highest BCUT2D eigenvalue weighted by atomic mass is 79.9. The van der Waals surface area contributed by atoms with E-state index in [-0.39, 0.29) is 4.47 Å². The van der Waals surface area contributed by atoms with Gasteiger partial charge in [0.1, 0.15) is 16.5 Å². The van der Waals surface area contributed by atoms with Crippen LogP contribution in [0.4, 0.5) is 8.78 Å². The molecular formula is C12H14BrF2NO3S. The lowest BCUT2D eigenvalue weighted by molar-refractivity contribution is 0.0537. The highest BCUT2D eigenvalue weighted by Gasteiger charge is 2.34. The Kier molecular flexibility index (Phi) is 4.48. The second-order valence-electron chi connectivity index (χ2n) is 4.98. The zero-order valence-electron chi connectivity index (χ0n) is 10.8. The van der Waals surface area contributed by atoms with Crippen LogP contribution in [0, 0.1) is 11.6 Å². The summed E-state index contributed by atoms with van der Waals surface area (Å²) in [4.78, 5) is -0.577. The van der Waals surface area contributed by atoms with E-state index in [2.05, 4.69) is 20.7 Å². The quantitative estimate of drug-likeness (QED) is 0.890. The van der Waals surface area contributed by atoms with Crippen LogP contribution in [0.5, 0.6) is 0 Å². The topological polar surface area (TPSA) is 55.4 Å². The fourth-order valence-electron chi connectivity index (χ4n) is 2.09. The molecule has 1 aromatic carbocycles. The van der Waals surface area contributed by atoms with Crippen molar-refractivity contribution in [3.8, 4) is 0 Å². The third-order valence-electron chi connectivity index (χ3n) is 3.21. The van der Waals surface area contributed by atoms with Crippen LogP contribution < -0.4 is 4.72 Å². The first-order valence-electron chi connectivity index (χ1n) is 6.00. The van der Waals surface area contributed by atoms with Gasteiger partial charge < -0.3 is 4.74 Å².